The summed E-state index contributed by atoms with van der Waals surface area (Å²) in [6, 6.07) is 16.1. The van der Waals surface area contributed by atoms with Crippen molar-refractivity contribution in [3.8, 4) is 16.9 Å². The van der Waals surface area contributed by atoms with E-state index in [1.807, 2.05) is 0 Å². The molecule has 0 spiro atoms. The first-order valence-corrected chi connectivity index (χ1v) is 9.99. The Morgan fingerprint density at radius 1 is 0.962 bits per heavy atom. The van der Waals surface area contributed by atoms with Crippen LogP contribution in [0.5, 0.6) is 5.75 Å². The van der Waals surface area contributed by atoms with Gasteiger partial charge in [-0.05, 0) is 61.6 Å². The molecule has 4 heteroatoms. The van der Waals surface area contributed by atoms with Gasteiger partial charge in [0.15, 0.2) is 0 Å². The summed E-state index contributed by atoms with van der Waals surface area (Å²) < 4.78 is 5.58. The zero-order valence-corrected chi connectivity index (χ0v) is 16.5. The third kappa shape index (κ3) is 4.79. The first-order valence-electron chi connectivity index (χ1n) is 9.46. The second-order valence-corrected chi connectivity index (χ2v) is 7.34. The average Bonchev–Trinajstić information content (AvgIpc) is 2.72. The minimum atomic E-state index is 0.549. The Balaban J connectivity index is 1.69. The molecule has 0 unspecified atom stereocenters. The van der Waals surface area contributed by atoms with Crippen LogP contribution in [-0.4, -0.2) is 26.2 Å². The zero-order valence-electron chi connectivity index (χ0n) is 15.7. The molecule has 0 atom stereocenters. The number of ether oxygens (including phenoxy) is 1. The molecule has 1 aliphatic rings. The molecule has 140 valence electrons. The van der Waals surface area contributed by atoms with Gasteiger partial charge in [-0.15, -0.1) is 11.6 Å². The van der Waals surface area contributed by atoms with E-state index in [0.717, 1.165) is 17.9 Å². The Morgan fingerprint density at radius 3 is 2.23 bits per heavy atom. The first-order chi connectivity index (χ1) is 12.7. The van der Waals surface area contributed by atoms with Gasteiger partial charge in [-0.3, -0.25) is 0 Å². The normalized spacial score (nSPS) is 20.1. The molecule has 2 N–H and O–H groups in total. The maximum atomic E-state index is 5.89. The van der Waals surface area contributed by atoms with Gasteiger partial charge in [0.05, 0.1) is 7.11 Å². The summed E-state index contributed by atoms with van der Waals surface area (Å²) >= 11 is 5.89. The van der Waals surface area contributed by atoms with E-state index in [-0.39, 0.29) is 0 Å². The maximum Gasteiger partial charge on any atom is 0.123 e. The third-order valence-electron chi connectivity index (χ3n) is 5.44. The highest BCUT2D eigenvalue weighted by Gasteiger charge is 2.19. The number of rotatable bonds is 7. The summed E-state index contributed by atoms with van der Waals surface area (Å²) in [5.74, 6) is 1.50. The number of halogens is 1. The highest BCUT2D eigenvalue weighted by molar-refractivity contribution is 6.17. The Morgan fingerprint density at radius 2 is 1.62 bits per heavy atom. The lowest BCUT2D eigenvalue weighted by molar-refractivity contribution is 0.315. The van der Waals surface area contributed by atoms with Crippen LogP contribution in [0.15, 0.2) is 42.5 Å². The number of methoxy groups -OCH3 is 1. The Labute approximate surface area is 162 Å². The maximum absolute atomic E-state index is 5.89. The lowest BCUT2D eigenvalue weighted by atomic mass is 9.91. The van der Waals surface area contributed by atoms with Crippen molar-refractivity contribution in [3.05, 3.63) is 53.6 Å². The molecule has 1 fully saturated rings. The summed E-state index contributed by atoms with van der Waals surface area (Å²) in [6.07, 6.45) is 4.96. The van der Waals surface area contributed by atoms with E-state index in [1.165, 1.54) is 42.4 Å². The molecule has 2 aromatic rings. The first kappa shape index (κ1) is 19.2. The molecule has 3 nitrogen and oxygen atoms in total. The minimum absolute atomic E-state index is 0.549. The van der Waals surface area contributed by atoms with Gasteiger partial charge in [0.2, 0.25) is 0 Å². The Bertz CT molecular complexity index is 694. The van der Waals surface area contributed by atoms with Gasteiger partial charge in [-0.2, -0.15) is 0 Å². The fourth-order valence-corrected chi connectivity index (χ4v) is 3.90. The standard InChI is InChI=1S/C22H29ClN2O/c1-24-20-8-10-21(11-9-20)25-15-19-13-18(7-12-22(19)26-2)17-5-3-16(14-23)4-6-17/h3-7,12-13,20-21,24-25H,8-11,14-15H2,1-2H3. The second kappa shape index (κ2) is 9.40. The fraction of sp³-hybridized carbons (Fsp3) is 0.455. The van der Waals surface area contributed by atoms with Crippen LogP contribution in [0.3, 0.4) is 0 Å². The van der Waals surface area contributed by atoms with Crippen LogP contribution in [0.2, 0.25) is 0 Å². The highest BCUT2D eigenvalue weighted by Crippen LogP contribution is 2.28. The largest absolute Gasteiger partial charge is 0.496 e. The minimum Gasteiger partial charge on any atom is -0.496 e. The molecule has 2 aromatic carbocycles. The van der Waals surface area contributed by atoms with Gasteiger partial charge >= 0.3 is 0 Å². The average molecular weight is 373 g/mol. The van der Waals surface area contributed by atoms with Crippen molar-refractivity contribution in [2.24, 2.45) is 0 Å². The van der Waals surface area contributed by atoms with Gasteiger partial charge in [-0.1, -0.05) is 30.3 Å². The highest BCUT2D eigenvalue weighted by atomic mass is 35.5. The number of nitrogens with one attached hydrogen (secondary N) is 2. The summed E-state index contributed by atoms with van der Waals surface area (Å²) in [5.41, 5.74) is 4.77. The topological polar surface area (TPSA) is 33.3 Å². The number of alkyl halides is 1. The molecule has 1 aliphatic carbocycles. The lowest BCUT2D eigenvalue weighted by Crippen LogP contribution is -2.38. The summed E-state index contributed by atoms with van der Waals surface area (Å²) in [7, 11) is 3.81. The number of benzene rings is 2. The van der Waals surface area contributed by atoms with Crippen molar-refractivity contribution in [3.63, 3.8) is 0 Å². The molecule has 1 saturated carbocycles. The molecular weight excluding hydrogens is 344 g/mol. The van der Waals surface area contributed by atoms with Crippen molar-refractivity contribution >= 4 is 11.6 Å². The smallest absolute Gasteiger partial charge is 0.123 e. The van der Waals surface area contributed by atoms with Crippen molar-refractivity contribution < 1.29 is 4.74 Å². The molecule has 0 bridgehead atoms. The van der Waals surface area contributed by atoms with E-state index in [9.17, 15) is 0 Å². The molecule has 0 saturated heterocycles. The van der Waals surface area contributed by atoms with E-state index >= 15 is 0 Å². The van der Waals surface area contributed by atoms with Gasteiger partial charge in [-0.25, -0.2) is 0 Å². The van der Waals surface area contributed by atoms with Crippen LogP contribution in [0.1, 0.15) is 36.8 Å². The van der Waals surface area contributed by atoms with Crippen LogP contribution in [-0.2, 0) is 12.4 Å². The molecule has 0 aliphatic heterocycles. The van der Waals surface area contributed by atoms with Crippen LogP contribution in [0.25, 0.3) is 11.1 Å². The number of hydrogen-bond acceptors (Lipinski definition) is 3. The van der Waals surface area contributed by atoms with E-state index < -0.39 is 0 Å². The second-order valence-electron chi connectivity index (χ2n) is 7.08. The molecule has 0 radical (unpaired) electrons. The molecule has 3 rings (SSSR count). The van der Waals surface area contributed by atoms with E-state index in [4.69, 9.17) is 16.3 Å². The van der Waals surface area contributed by atoms with E-state index in [1.54, 1.807) is 7.11 Å². The van der Waals surface area contributed by atoms with Crippen LogP contribution in [0.4, 0.5) is 0 Å². The molecule has 0 aromatic heterocycles. The Hall–Kier alpha value is -1.55. The predicted octanol–water partition coefficient (Wildman–Crippen LogP) is 4.72. The SMILES string of the molecule is CNC1CCC(NCc2cc(-c3ccc(CCl)cc3)ccc2OC)CC1. The van der Waals surface area contributed by atoms with Crippen molar-refractivity contribution in [2.75, 3.05) is 14.2 Å². The molecular formula is C22H29ClN2O. The van der Waals surface area contributed by atoms with Gasteiger partial charge in [0.1, 0.15) is 5.75 Å². The molecule has 0 heterocycles. The lowest BCUT2D eigenvalue weighted by Gasteiger charge is -2.29. The summed E-state index contributed by atoms with van der Waals surface area (Å²) in [5, 5.41) is 7.12. The predicted molar refractivity (Wildman–Crippen MR) is 110 cm³/mol. The van der Waals surface area contributed by atoms with Crippen molar-refractivity contribution in [1.82, 2.24) is 10.6 Å². The zero-order chi connectivity index (χ0) is 18.4. The monoisotopic (exact) mass is 372 g/mol. The van der Waals surface area contributed by atoms with Gasteiger partial charge in [0, 0.05) is 30.1 Å². The third-order valence-corrected chi connectivity index (χ3v) is 5.75. The molecule has 0 amide bonds. The molecule has 26 heavy (non-hydrogen) atoms. The quantitative estimate of drug-likeness (QED) is 0.690. The van der Waals surface area contributed by atoms with E-state index in [2.05, 4.69) is 60.1 Å². The van der Waals surface area contributed by atoms with Crippen molar-refractivity contribution in [2.45, 2.75) is 50.2 Å². The van der Waals surface area contributed by atoms with E-state index in [0.29, 0.717) is 18.0 Å². The van der Waals surface area contributed by atoms with Crippen LogP contribution >= 0.6 is 11.6 Å². The van der Waals surface area contributed by atoms with Gasteiger partial charge in [0.25, 0.3) is 0 Å². The van der Waals surface area contributed by atoms with Gasteiger partial charge < -0.3 is 15.4 Å². The summed E-state index contributed by atoms with van der Waals surface area (Å²) in [4.78, 5) is 0. The Kier molecular flexibility index (Phi) is 6.95. The summed E-state index contributed by atoms with van der Waals surface area (Å²) in [6.45, 7) is 0.839. The van der Waals surface area contributed by atoms with Crippen molar-refractivity contribution in [1.29, 1.82) is 0 Å². The van der Waals surface area contributed by atoms with Crippen LogP contribution in [0, 0.1) is 0 Å². The fourth-order valence-electron chi connectivity index (χ4n) is 3.72. The number of hydrogen-bond donors (Lipinski definition) is 2. The van der Waals surface area contributed by atoms with Crippen LogP contribution < -0.4 is 15.4 Å².